The molecule has 3 N–H and O–H groups in total. The summed E-state index contributed by atoms with van der Waals surface area (Å²) in [6.45, 7) is 3.99. The quantitative estimate of drug-likeness (QED) is 0.269. The summed E-state index contributed by atoms with van der Waals surface area (Å²) >= 11 is 0. The number of rotatable bonds is 9. The smallest absolute Gasteiger partial charge is 0.229 e. The lowest BCUT2D eigenvalue weighted by Crippen LogP contribution is -2.11. The molecule has 0 fully saturated rings. The van der Waals surface area contributed by atoms with Crippen LogP contribution in [0.5, 0.6) is 0 Å². The number of benzene rings is 3. The Kier molecular flexibility index (Phi) is 7.50. The van der Waals surface area contributed by atoms with Gasteiger partial charge in [-0.25, -0.2) is 4.98 Å². The Morgan fingerprint density at radius 3 is 2.15 bits per heavy atom. The van der Waals surface area contributed by atoms with E-state index in [1.54, 1.807) is 0 Å². The summed E-state index contributed by atoms with van der Waals surface area (Å²) in [4.78, 5) is 21.3. The fraction of sp³-hybridized carbons (Fsp3) is 0.179. The zero-order valence-corrected chi connectivity index (χ0v) is 19.5. The van der Waals surface area contributed by atoms with Crippen molar-refractivity contribution in [3.8, 4) is 0 Å². The average Bonchev–Trinajstić information content (AvgIpc) is 2.82. The minimum absolute atomic E-state index is 0.0190. The third-order valence-electron chi connectivity index (χ3n) is 5.32. The lowest BCUT2D eigenvalue weighted by molar-refractivity contribution is -0.116. The molecule has 0 aliphatic heterocycles. The molecule has 6 nitrogen and oxygen atoms in total. The third-order valence-corrected chi connectivity index (χ3v) is 5.32. The summed E-state index contributed by atoms with van der Waals surface area (Å²) in [7, 11) is 0. The Balaban J connectivity index is 1.31. The van der Waals surface area contributed by atoms with Crippen molar-refractivity contribution in [3.05, 3.63) is 102 Å². The molecule has 0 bridgehead atoms. The molecule has 1 heterocycles. The zero-order chi connectivity index (χ0) is 23.8. The molecule has 0 spiro atoms. The van der Waals surface area contributed by atoms with E-state index in [-0.39, 0.29) is 5.91 Å². The predicted molar refractivity (Wildman–Crippen MR) is 139 cm³/mol. The summed E-state index contributed by atoms with van der Waals surface area (Å²) in [6.07, 6.45) is 2.20. The molecule has 0 atom stereocenters. The Labute approximate surface area is 200 Å². The van der Waals surface area contributed by atoms with Gasteiger partial charge in [0.05, 0.1) is 0 Å². The molecule has 0 saturated carbocycles. The number of anilines is 5. The number of nitrogens with one attached hydrogen (secondary N) is 3. The normalized spacial score (nSPS) is 10.5. The summed E-state index contributed by atoms with van der Waals surface area (Å²) in [5.41, 5.74) is 5.89. The largest absolute Gasteiger partial charge is 0.340 e. The highest BCUT2D eigenvalue weighted by Crippen LogP contribution is 2.21. The van der Waals surface area contributed by atoms with Crippen LogP contribution in [0.2, 0.25) is 0 Å². The summed E-state index contributed by atoms with van der Waals surface area (Å²) in [6, 6.07) is 27.8. The minimum Gasteiger partial charge on any atom is -0.340 e. The fourth-order valence-electron chi connectivity index (χ4n) is 3.56. The number of carbonyl (C=O) groups is 1. The van der Waals surface area contributed by atoms with E-state index in [1.165, 1.54) is 11.1 Å². The van der Waals surface area contributed by atoms with Crippen LogP contribution < -0.4 is 16.0 Å². The van der Waals surface area contributed by atoms with E-state index in [4.69, 9.17) is 0 Å². The lowest BCUT2D eigenvalue weighted by Gasteiger charge is -2.11. The van der Waals surface area contributed by atoms with Crippen molar-refractivity contribution in [3.63, 3.8) is 0 Å². The number of hydrogen-bond acceptors (Lipinski definition) is 5. The van der Waals surface area contributed by atoms with Gasteiger partial charge < -0.3 is 16.0 Å². The van der Waals surface area contributed by atoms with Crippen molar-refractivity contribution in [2.75, 3.05) is 16.0 Å². The van der Waals surface area contributed by atoms with Crippen LogP contribution >= 0.6 is 0 Å². The number of carbonyl (C=O) groups excluding carboxylic acids is 1. The molecular formula is C28H29N5O. The van der Waals surface area contributed by atoms with Crippen LogP contribution in [0.15, 0.2) is 84.9 Å². The molecule has 4 rings (SSSR count). The number of hydrogen-bond donors (Lipinski definition) is 3. The molecular weight excluding hydrogens is 422 g/mol. The molecule has 0 unspecified atom stereocenters. The van der Waals surface area contributed by atoms with Gasteiger partial charge in [-0.3, -0.25) is 4.79 Å². The first-order valence-electron chi connectivity index (χ1n) is 11.4. The monoisotopic (exact) mass is 451 g/mol. The van der Waals surface area contributed by atoms with Crippen LogP contribution in [-0.4, -0.2) is 15.9 Å². The van der Waals surface area contributed by atoms with Gasteiger partial charge in [0.15, 0.2) is 0 Å². The maximum atomic E-state index is 12.3. The van der Waals surface area contributed by atoms with Crippen molar-refractivity contribution in [2.24, 2.45) is 0 Å². The first-order valence-corrected chi connectivity index (χ1v) is 11.4. The second kappa shape index (κ2) is 11.1. The van der Waals surface area contributed by atoms with Crippen molar-refractivity contribution in [1.82, 2.24) is 9.97 Å². The summed E-state index contributed by atoms with van der Waals surface area (Å²) in [5.74, 6) is 1.25. The molecule has 1 amide bonds. The van der Waals surface area contributed by atoms with E-state index in [2.05, 4.69) is 57.1 Å². The Bertz CT molecular complexity index is 1220. The molecule has 6 heteroatoms. The number of amides is 1. The topological polar surface area (TPSA) is 78.9 Å². The lowest BCUT2D eigenvalue weighted by atomic mass is 10.1. The average molecular weight is 452 g/mol. The van der Waals surface area contributed by atoms with E-state index in [0.717, 1.165) is 41.4 Å². The van der Waals surface area contributed by atoms with Crippen molar-refractivity contribution in [2.45, 2.75) is 33.1 Å². The highest BCUT2D eigenvalue weighted by atomic mass is 16.1. The minimum atomic E-state index is 0.0190. The third kappa shape index (κ3) is 6.90. The van der Waals surface area contributed by atoms with Gasteiger partial charge in [0.2, 0.25) is 11.9 Å². The van der Waals surface area contributed by atoms with Crippen LogP contribution in [0, 0.1) is 13.8 Å². The summed E-state index contributed by atoms with van der Waals surface area (Å²) < 4.78 is 0. The highest BCUT2D eigenvalue weighted by Gasteiger charge is 2.06. The van der Waals surface area contributed by atoms with Crippen LogP contribution in [0.3, 0.4) is 0 Å². The van der Waals surface area contributed by atoms with Crippen molar-refractivity contribution < 1.29 is 4.79 Å². The van der Waals surface area contributed by atoms with E-state index in [1.807, 2.05) is 67.6 Å². The Morgan fingerprint density at radius 2 is 1.41 bits per heavy atom. The molecule has 3 aromatic carbocycles. The summed E-state index contributed by atoms with van der Waals surface area (Å²) in [5, 5.41) is 9.52. The van der Waals surface area contributed by atoms with Crippen molar-refractivity contribution >= 4 is 34.7 Å². The number of aryl methyl sites for hydroxylation is 3. The van der Waals surface area contributed by atoms with Gasteiger partial charge in [-0.05, 0) is 68.7 Å². The highest BCUT2D eigenvalue weighted by molar-refractivity contribution is 5.90. The van der Waals surface area contributed by atoms with Gasteiger partial charge in [-0.2, -0.15) is 4.98 Å². The van der Waals surface area contributed by atoms with Crippen LogP contribution in [0.25, 0.3) is 0 Å². The fourth-order valence-corrected chi connectivity index (χ4v) is 3.56. The maximum absolute atomic E-state index is 12.3. The molecule has 0 saturated heterocycles. The van der Waals surface area contributed by atoms with E-state index in [0.29, 0.717) is 12.4 Å². The van der Waals surface area contributed by atoms with E-state index < -0.39 is 0 Å². The molecule has 0 aliphatic carbocycles. The molecule has 34 heavy (non-hydrogen) atoms. The van der Waals surface area contributed by atoms with Gasteiger partial charge >= 0.3 is 0 Å². The SMILES string of the molecule is Cc1ccc(Nc2cc(C)nc(Nc3ccc(NC(=O)CCCc4ccccc4)cc3)n2)cc1. The van der Waals surface area contributed by atoms with Gasteiger partial charge in [-0.1, -0.05) is 48.0 Å². The molecule has 0 aliphatic rings. The van der Waals surface area contributed by atoms with Crippen molar-refractivity contribution in [1.29, 1.82) is 0 Å². The maximum Gasteiger partial charge on any atom is 0.229 e. The van der Waals surface area contributed by atoms with Crippen LogP contribution in [0.4, 0.5) is 28.8 Å². The first kappa shape index (κ1) is 23.0. The van der Waals surface area contributed by atoms with E-state index in [9.17, 15) is 4.79 Å². The Hall–Kier alpha value is -4.19. The van der Waals surface area contributed by atoms with Gasteiger partial charge in [-0.15, -0.1) is 0 Å². The van der Waals surface area contributed by atoms with Gasteiger partial charge in [0.1, 0.15) is 5.82 Å². The second-order valence-electron chi connectivity index (χ2n) is 8.30. The standard InChI is InChI=1S/C28H29N5O/c1-20-11-13-23(14-12-20)30-26-19-21(2)29-28(33-26)32-25-17-15-24(16-18-25)31-27(34)10-6-9-22-7-4-3-5-8-22/h3-5,7-8,11-19H,6,9-10H2,1-2H3,(H,31,34)(H2,29,30,32,33). The molecule has 1 aromatic heterocycles. The predicted octanol–water partition coefficient (Wildman–Crippen LogP) is 6.54. The Morgan fingerprint density at radius 1 is 0.765 bits per heavy atom. The molecule has 4 aromatic rings. The first-order chi connectivity index (χ1) is 16.5. The van der Waals surface area contributed by atoms with E-state index >= 15 is 0 Å². The second-order valence-corrected chi connectivity index (χ2v) is 8.30. The molecule has 0 radical (unpaired) electrons. The van der Waals surface area contributed by atoms with Crippen LogP contribution in [0.1, 0.15) is 29.7 Å². The van der Waals surface area contributed by atoms with Gasteiger partial charge in [0.25, 0.3) is 0 Å². The molecule has 172 valence electrons. The number of nitrogens with zero attached hydrogens (tertiary/aromatic N) is 2. The zero-order valence-electron chi connectivity index (χ0n) is 19.5. The van der Waals surface area contributed by atoms with Gasteiger partial charge in [0, 0.05) is 35.2 Å². The number of aromatic nitrogens is 2. The van der Waals surface area contributed by atoms with Crippen LogP contribution in [-0.2, 0) is 11.2 Å².